The summed E-state index contributed by atoms with van der Waals surface area (Å²) in [5.74, 6) is 0.308. The van der Waals surface area contributed by atoms with Gasteiger partial charge in [-0.3, -0.25) is 0 Å². The van der Waals surface area contributed by atoms with Crippen molar-refractivity contribution in [2.75, 3.05) is 6.26 Å². The molecule has 1 amide bonds. The predicted molar refractivity (Wildman–Crippen MR) is 42.8 cm³/mol. The normalized spacial score (nSPS) is 13.2. The third-order valence-electron chi connectivity index (χ3n) is 1.01. The van der Waals surface area contributed by atoms with Crippen LogP contribution in [0.3, 0.4) is 0 Å². The highest BCUT2D eigenvalue weighted by Crippen LogP contribution is 2.17. The van der Waals surface area contributed by atoms with Crippen LogP contribution in [0.25, 0.3) is 0 Å². The summed E-state index contributed by atoms with van der Waals surface area (Å²) < 4.78 is 4.76. The summed E-state index contributed by atoms with van der Waals surface area (Å²) in [7, 11) is 0. The minimum absolute atomic E-state index is 0.113. The first-order valence-corrected chi connectivity index (χ1v) is 4.35. The van der Waals surface area contributed by atoms with Gasteiger partial charge in [0.05, 0.1) is 0 Å². The van der Waals surface area contributed by atoms with E-state index < -0.39 is 6.09 Å². The molecule has 0 saturated carbocycles. The Labute approximate surface area is 65.3 Å². The second-order valence-electron chi connectivity index (χ2n) is 2.28. The first kappa shape index (κ1) is 9.62. The topological polar surface area (TPSA) is 52.3 Å². The molecular weight excluding hydrogens is 150 g/mol. The van der Waals surface area contributed by atoms with E-state index in [1.165, 1.54) is 11.8 Å². The summed E-state index contributed by atoms with van der Waals surface area (Å²) in [4.78, 5) is 10.3. The van der Waals surface area contributed by atoms with E-state index >= 15 is 0 Å². The van der Waals surface area contributed by atoms with Crippen molar-refractivity contribution in [2.24, 2.45) is 11.7 Å². The Kier molecular flexibility index (Phi) is 4.27. The summed E-state index contributed by atoms with van der Waals surface area (Å²) in [6.07, 6.45) is 1.18. The van der Waals surface area contributed by atoms with Gasteiger partial charge in [-0.15, -0.1) is 11.8 Å². The molecule has 4 heteroatoms. The lowest BCUT2D eigenvalue weighted by atomic mass is 10.2. The van der Waals surface area contributed by atoms with Gasteiger partial charge < -0.3 is 10.5 Å². The number of hydrogen-bond donors (Lipinski definition) is 1. The molecule has 0 aromatic carbocycles. The fourth-order valence-corrected chi connectivity index (χ4v) is 1.31. The first-order valence-electron chi connectivity index (χ1n) is 3.06. The van der Waals surface area contributed by atoms with Crippen molar-refractivity contribution in [3.05, 3.63) is 0 Å². The van der Waals surface area contributed by atoms with Crippen molar-refractivity contribution in [1.82, 2.24) is 0 Å². The van der Waals surface area contributed by atoms with E-state index in [0.717, 1.165) is 0 Å². The van der Waals surface area contributed by atoms with E-state index in [1.807, 2.05) is 20.1 Å². The highest BCUT2D eigenvalue weighted by atomic mass is 32.2. The SMILES string of the molecule is CSC(OC(N)=O)C(C)C. The largest absolute Gasteiger partial charge is 0.435 e. The van der Waals surface area contributed by atoms with Crippen molar-refractivity contribution in [3.63, 3.8) is 0 Å². The zero-order valence-electron chi connectivity index (χ0n) is 6.46. The number of primary amides is 1. The van der Waals surface area contributed by atoms with E-state index in [1.54, 1.807) is 0 Å². The number of carbonyl (C=O) groups excluding carboxylic acids is 1. The summed E-state index contributed by atoms with van der Waals surface area (Å²) in [6.45, 7) is 3.95. The van der Waals surface area contributed by atoms with Crippen LogP contribution in [0.5, 0.6) is 0 Å². The molecule has 0 rings (SSSR count). The summed E-state index contributed by atoms with van der Waals surface area (Å²) >= 11 is 1.48. The van der Waals surface area contributed by atoms with Crippen LogP contribution in [0.1, 0.15) is 13.8 Å². The molecule has 3 nitrogen and oxygen atoms in total. The van der Waals surface area contributed by atoms with Crippen molar-refractivity contribution in [2.45, 2.75) is 19.3 Å². The van der Waals surface area contributed by atoms with Gasteiger partial charge in [0.1, 0.15) is 0 Å². The number of carbonyl (C=O) groups is 1. The zero-order chi connectivity index (χ0) is 8.15. The molecular formula is C6H13NO2S. The molecule has 0 bridgehead atoms. The molecule has 0 fully saturated rings. The molecule has 0 spiro atoms. The fourth-order valence-electron chi connectivity index (χ4n) is 0.571. The Morgan fingerprint density at radius 2 is 2.10 bits per heavy atom. The minimum atomic E-state index is -0.701. The molecule has 2 N–H and O–H groups in total. The Bertz CT molecular complexity index is 116. The van der Waals surface area contributed by atoms with E-state index in [4.69, 9.17) is 10.5 Å². The van der Waals surface area contributed by atoms with Crippen LogP contribution in [-0.4, -0.2) is 17.8 Å². The minimum Gasteiger partial charge on any atom is -0.435 e. The van der Waals surface area contributed by atoms with Gasteiger partial charge in [0.25, 0.3) is 0 Å². The van der Waals surface area contributed by atoms with Gasteiger partial charge in [-0.25, -0.2) is 4.79 Å². The lowest BCUT2D eigenvalue weighted by Crippen LogP contribution is -2.23. The van der Waals surface area contributed by atoms with Crippen molar-refractivity contribution in [1.29, 1.82) is 0 Å². The lowest BCUT2D eigenvalue weighted by molar-refractivity contribution is 0.127. The highest BCUT2D eigenvalue weighted by Gasteiger charge is 2.14. The molecule has 0 radical (unpaired) electrons. The van der Waals surface area contributed by atoms with Crippen molar-refractivity contribution < 1.29 is 9.53 Å². The summed E-state index contributed by atoms with van der Waals surface area (Å²) in [5, 5.41) is 0. The third kappa shape index (κ3) is 3.61. The molecule has 0 aromatic rings. The molecule has 0 saturated heterocycles. The van der Waals surface area contributed by atoms with Crippen LogP contribution < -0.4 is 5.73 Å². The number of thioether (sulfide) groups is 1. The Morgan fingerprint density at radius 3 is 2.20 bits per heavy atom. The number of ether oxygens (including phenoxy) is 1. The van der Waals surface area contributed by atoms with E-state index in [-0.39, 0.29) is 5.44 Å². The maximum atomic E-state index is 10.3. The van der Waals surface area contributed by atoms with Gasteiger partial charge >= 0.3 is 6.09 Å². The third-order valence-corrected chi connectivity index (χ3v) is 2.11. The zero-order valence-corrected chi connectivity index (χ0v) is 7.27. The maximum Gasteiger partial charge on any atom is 0.405 e. The van der Waals surface area contributed by atoms with Gasteiger partial charge in [-0.2, -0.15) is 0 Å². The van der Waals surface area contributed by atoms with E-state index in [9.17, 15) is 4.79 Å². The Morgan fingerprint density at radius 1 is 1.60 bits per heavy atom. The summed E-state index contributed by atoms with van der Waals surface area (Å²) in [6, 6.07) is 0. The van der Waals surface area contributed by atoms with Crippen LogP contribution in [0.2, 0.25) is 0 Å². The van der Waals surface area contributed by atoms with Crippen LogP contribution in [-0.2, 0) is 4.74 Å². The van der Waals surface area contributed by atoms with Crippen LogP contribution in [0.4, 0.5) is 4.79 Å². The molecule has 0 aromatic heterocycles. The average molecular weight is 163 g/mol. The molecule has 0 heterocycles. The van der Waals surface area contributed by atoms with Gasteiger partial charge in [0.15, 0.2) is 5.44 Å². The second-order valence-corrected chi connectivity index (χ2v) is 3.22. The average Bonchev–Trinajstić information content (AvgIpc) is 1.81. The monoisotopic (exact) mass is 163 g/mol. The van der Waals surface area contributed by atoms with Gasteiger partial charge in [-0.05, 0) is 6.26 Å². The number of nitrogens with two attached hydrogens (primary N) is 1. The quantitative estimate of drug-likeness (QED) is 0.640. The highest BCUT2D eigenvalue weighted by molar-refractivity contribution is 7.99. The van der Waals surface area contributed by atoms with Crippen LogP contribution in [0, 0.1) is 5.92 Å². The molecule has 10 heavy (non-hydrogen) atoms. The molecule has 60 valence electrons. The van der Waals surface area contributed by atoms with Crippen molar-refractivity contribution in [3.8, 4) is 0 Å². The van der Waals surface area contributed by atoms with Crippen LogP contribution >= 0.6 is 11.8 Å². The number of hydrogen-bond acceptors (Lipinski definition) is 3. The van der Waals surface area contributed by atoms with Crippen molar-refractivity contribution >= 4 is 17.9 Å². The molecule has 0 aliphatic heterocycles. The van der Waals surface area contributed by atoms with E-state index in [0.29, 0.717) is 5.92 Å². The standard InChI is InChI=1S/C6H13NO2S/c1-4(2)5(10-3)9-6(7)8/h4-5H,1-3H3,(H2,7,8). The predicted octanol–water partition coefficient (Wildman–Crippen LogP) is 1.43. The molecule has 0 aliphatic rings. The second kappa shape index (κ2) is 4.44. The summed E-state index contributed by atoms with van der Waals surface area (Å²) in [5.41, 5.74) is 4.72. The Hall–Kier alpha value is -0.380. The number of rotatable bonds is 3. The fraction of sp³-hybridized carbons (Fsp3) is 0.833. The van der Waals surface area contributed by atoms with Gasteiger partial charge in [0, 0.05) is 5.92 Å². The molecule has 1 unspecified atom stereocenters. The van der Waals surface area contributed by atoms with Gasteiger partial charge in [-0.1, -0.05) is 13.8 Å². The molecule has 0 aliphatic carbocycles. The first-order chi connectivity index (χ1) is 4.57. The number of amides is 1. The smallest absolute Gasteiger partial charge is 0.405 e. The van der Waals surface area contributed by atoms with E-state index in [2.05, 4.69) is 0 Å². The lowest BCUT2D eigenvalue weighted by Gasteiger charge is -2.16. The molecule has 1 atom stereocenters. The van der Waals surface area contributed by atoms with Crippen LogP contribution in [0.15, 0.2) is 0 Å². The Balaban J connectivity index is 3.71. The maximum absolute atomic E-state index is 10.3. The van der Waals surface area contributed by atoms with Gasteiger partial charge in [0.2, 0.25) is 0 Å².